The zero-order valence-corrected chi connectivity index (χ0v) is 12.9. The summed E-state index contributed by atoms with van der Waals surface area (Å²) in [4.78, 5) is 26.7. The van der Waals surface area contributed by atoms with Gasteiger partial charge in [-0.3, -0.25) is 14.3 Å². The Balaban J connectivity index is 2.28. The summed E-state index contributed by atoms with van der Waals surface area (Å²) in [6, 6.07) is 1.46. The van der Waals surface area contributed by atoms with Crippen LogP contribution in [0.3, 0.4) is 0 Å². The van der Waals surface area contributed by atoms with Gasteiger partial charge in [-0.25, -0.2) is 0 Å². The van der Waals surface area contributed by atoms with Gasteiger partial charge in [0.1, 0.15) is 6.10 Å². The molecule has 0 saturated heterocycles. The highest BCUT2D eigenvalue weighted by Crippen LogP contribution is 2.21. The second-order valence-electron chi connectivity index (χ2n) is 4.54. The van der Waals surface area contributed by atoms with Crippen molar-refractivity contribution in [2.24, 2.45) is 0 Å². The topological polar surface area (TPSA) is 173 Å². The standard InChI is InChI=1S/C11H17N4O7P/c12-11-13-8-6(9(18)14-11)1-2-15(8)10(7(17)5-16)21-3-4-22-23(19)20/h1-2,7,10,16-17,23H,3-5H2,(H,19,20)(H3,12,13,14,18)/t7-,10?/m1/s1. The number of rotatable bonds is 8. The van der Waals surface area contributed by atoms with Crippen molar-refractivity contribution in [3.63, 3.8) is 0 Å². The van der Waals surface area contributed by atoms with E-state index in [4.69, 9.17) is 20.5 Å². The Morgan fingerprint density at radius 2 is 2.22 bits per heavy atom. The molecular formula is C11H17N4O7P. The molecule has 0 aliphatic rings. The van der Waals surface area contributed by atoms with Crippen LogP contribution in [0.5, 0.6) is 0 Å². The number of aromatic amines is 1. The van der Waals surface area contributed by atoms with E-state index in [0.717, 1.165) is 0 Å². The summed E-state index contributed by atoms with van der Waals surface area (Å²) in [5.41, 5.74) is 5.22. The number of nitrogens with two attached hydrogens (primary N) is 1. The fraction of sp³-hybridized carbons (Fsp3) is 0.455. The van der Waals surface area contributed by atoms with Crippen LogP contribution in [0.15, 0.2) is 17.1 Å². The van der Waals surface area contributed by atoms with Crippen LogP contribution in [0.2, 0.25) is 0 Å². The first kappa shape index (κ1) is 17.6. The van der Waals surface area contributed by atoms with Gasteiger partial charge in [0.15, 0.2) is 11.9 Å². The molecule has 128 valence electrons. The van der Waals surface area contributed by atoms with E-state index < -0.39 is 32.8 Å². The Morgan fingerprint density at radius 1 is 1.48 bits per heavy atom. The summed E-state index contributed by atoms with van der Waals surface area (Å²) < 4.78 is 21.7. The van der Waals surface area contributed by atoms with Gasteiger partial charge in [0.05, 0.1) is 25.2 Å². The van der Waals surface area contributed by atoms with Crippen molar-refractivity contribution in [2.75, 3.05) is 25.6 Å². The number of H-pyrrole nitrogens is 1. The van der Waals surface area contributed by atoms with Crippen molar-refractivity contribution in [2.45, 2.75) is 12.3 Å². The monoisotopic (exact) mass is 348 g/mol. The Hall–Kier alpha value is -1.75. The van der Waals surface area contributed by atoms with Gasteiger partial charge >= 0.3 is 8.25 Å². The van der Waals surface area contributed by atoms with Crippen molar-refractivity contribution in [1.82, 2.24) is 14.5 Å². The Bertz CT molecular complexity index is 746. The molecule has 3 atom stereocenters. The van der Waals surface area contributed by atoms with Crippen LogP contribution < -0.4 is 11.3 Å². The minimum atomic E-state index is -3.08. The molecule has 11 nitrogen and oxygen atoms in total. The van der Waals surface area contributed by atoms with E-state index in [0.29, 0.717) is 0 Å². The number of fused-ring (bicyclic) bond motifs is 1. The highest BCUT2D eigenvalue weighted by molar-refractivity contribution is 7.32. The van der Waals surface area contributed by atoms with E-state index in [1.807, 2.05) is 0 Å². The van der Waals surface area contributed by atoms with E-state index in [-0.39, 0.29) is 30.2 Å². The maximum atomic E-state index is 11.8. The van der Waals surface area contributed by atoms with Crippen molar-refractivity contribution in [1.29, 1.82) is 0 Å². The van der Waals surface area contributed by atoms with Crippen LogP contribution in [0.4, 0.5) is 5.95 Å². The summed E-state index contributed by atoms with van der Waals surface area (Å²) in [6.07, 6.45) is -0.958. The number of ether oxygens (including phenoxy) is 1. The SMILES string of the molecule is Nc1nc2c(ccn2C(OCCO[PH](=O)O)[C@H](O)CO)c(=O)[nH]1. The molecule has 2 heterocycles. The summed E-state index contributed by atoms with van der Waals surface area (Å²) in [5, 5.41) is 19.3. The Kier molecular flexibility index (Phi) is 5.88. The van der Waals surface area contributed by atoms with Crippen LogP contribution in [-0.4, -0.2) is 55.6 Å². The number of anilines is 1. The molecule has 0 spiro atoms. The predicted octanol–water partition coefficient (Wildman–Crippen LogP) is -1.43. The van der Waals surface area contributed by atoms with Gasteiger partial charge in [0, 0.05) is 6.20 Å². The molecule has 6 N–H and O–H groups in total. The molecule has 2 rings (SSSR count). The molecule has 23 heavy (non-hydrogen) atoms. The molecule has 0 bridgehead atoms. The van der Waals surface area contributed by atoms with Crippen molar-refractivity contribution >= 4 is 25.2 Å². The second-order valence-corrected chi connectivity index (χ2v) is 5.36. The molecular weight excluding hydrogens is 331 g/mol. The minimum absolute atomic E-state index is 0.109. The molecule has 0 saturated carbocycles. The largest absolute Gasteiger partial charge is 0.394 e. The average molecular weight is 348 g/mol. The number of hydrogen-bond acceptors (Lipinski definition) is 8. The first-order valence-corrected chi connectivity index (χ1v) is 7.83. The summed E-state index contributed by atoms with van der Waals surface area (Å²) in [7, 11) is -3.08. The first-order chi connectivity index (χ1) is 10.9. The van der Waals surface area contributed by atoms with Gasteiger partial charge in [0.2, 0.25) is 5.95 Å². The van der Waals surface area contributed by atoms with Crippen molar-refractivity contribution < 1.29 is 28.9 Å². The highest BCUT2D eigenvalue weighted by Gasteiger charge is 2.24. The fourth-order valence-corrected chi connectivity index (χ4v) is 2.29. The minimum Gasteiger partial charge on any atom is -0.394 e. The lowest BCUT2D eigenvalue weighted by Crippen LogP contribution is -2.30. The highest BCUT2D eigenvalue weighted by atomic mass is 31.1. The molecule has 12 heteroatoms. The average Bonchev–Trinajstić information content (AvgIpc) is 2.90. The number of nitrogen functional groups attached to an aromatic ring is 1. The van der Waals surface area contributed by atoms with Gasteiger partial charge in [-0.2, -0.15) is 4.98 Å². The van der Waals surface area contributed by atoms with Crippen molar-refractivity contribution in [3.05, 3.63) is 22.6 Å². The van der Waals surface area contributed by atoms with Gasteiger partial charge in [-0.1, -0.05) is 0 Å². The molecule has 0 aromatic carbocycles. The molecule has 2 aromatic heterocycles. The number of nitrogens with zero attached hydrogens (tertiary/aromatic N) is 2. The third kappa shape index (κ3) is 4.16. The third-order valence-electron chi connectivity index (χ3n) is 2.99. The summed E-state index contributed by atoms with van der Waals surface area (Å²) in [6.45, 7) is -0.921. The quantitative estimate of drug-likeness (QED) is 0.283. The van der Waals surface area contributed by atoms with E-state index in [9.17, 15) is 14.5 Å². The fourth-order valence-electron chi connectivity index (χ4n) is 2.03. The molecule has 0 aliphatic carbocycles. The molecule has 2 unspecified atom stereocenters. The lowest BCUT2D eigenvalue weighted by Gasteiger charge is -2.24. The van der Waals surface area contributed by atoms with E-state index >= 15 is 0 Å². The molecule has 0 amide bonds. The zero-order chi connectivity index (χ0) is 17.0. The van der Waals surface area contributed by atoms with Crippen LogP contribution in [-0.2, 0) is 13.8 Å². The smallest absolute Gasteiger partial charge is 0.316 e. The van der Waals surface area contributed by atoms with E-state index in [2.05, 4.69) is 14.5 Å². The van der Waals surface area contributed by atoms with Gasteiger partial charge in [-0.05, 0) is 6.07 Å². The van der Waals surface area contributed by atoms with E-state index in [1.165, 1.54) is 16.8 Å². The maximum absolute atomic E-state index is 11.8. The lowest BCUT2D eigenvalue weighted by molar-refractivity contribution is -0.101. The molecule has 2 aromatic rings. The van der Waals surface area contributed by atoms with E-state index in [1.54, 1.807) is 0 Å². The van der Waals surface area contributed by atoms with Crippen LogP contribution in [0.25, 0.3) is 11.0 Å². The Morgan fingerprint density at radius 3 is 2.87 bits per heavy atom. The maximum Gasteiger partial charge on any atom is 0.316 e. The number of aliphatic hydroxyl groups is 2. The Labute approximate surface area is 130 Å². The van der Waals surface area contributed by atoms with Crippen LogP contribution in [0.1, 0.15) is 6.23 Å². The second kappa shape index (κ2) is 7.68. The number of nitrogens with one attached hydrogen (secondary N) is 1. The summed E-state index contributed by atoms with van der Waals surface area (Å²) in [5.74, 6) is -0.109. The summed E-state index contributed by atoms with van der Waals surface area (Å²) >= 11 is 0. The zero-order valence-electron chi connectivity index (χ0n) is 11.9. The number of hydrogen-bond donors (Lipinski definition) is 5. The molecule has 0 fully saturated rings. The first-order valence-electron chi connectivity index (χ1n) is 6.56. The van der Waals surface area contributed by atoms with Crippen molar-refractivity contribution in [3.8, 4) is 0 Å². The third-order valence-corrected chi connectivity index (χ3v) is 3.44. The number of aliphatic hydroxyl groups excluding tert-OH is 2. The lowest BCUT2D eigenvalue weighted by atomic mass is 10.3. The van der Waals surface area contributed by atoms with Crippen LogP contribution in [0, 0.1) is 0 Å². The number of aromatic nitrogens is 3. The van der Waals surface area contributed by atoms with Gasteiger partial charge in [0.25, 0.3) is 5.56 Å². The van der Waals surface area contributed by atoms with Gasteiger partial charge in [-0.15, -0.1) is 0 Å². The van der Waals surface area contributed by atoms with Gasteiger partial charge < -0.3 is 34.7 Å². The predicted molar refractivity (Wildman–Crippen MR) is 80.0 cm³/mol. The molecule has 0 aliphatic heterocycles. The molecule has 0 radical (unpaired) electrons. The van der Waals surface area contributed by atoms with Crippen LogP contribution >= 0.6 is 8.25 Å². The normalized spacial score (nSPS) is 15.6.